The largest absolute Gasteiger partial charge is 0.330 e. The zero-order valence-corrected chi connectivity index (χ0v) is 12.0. The summed E-state index contributed by atoms with van der Waals surface area (Å²) in [5, 5.41) is 0.585. The Morgan fingerprint density at radius 3 is 2.83 bits per heavy atom. The summed E-state index contributed by atoms with van der Waals surface area (Å²) in [6.07, 6.45) is 1.08. The molecule has 2 nitrogen and oxygen atoms in total. The van der Waals surface area contributed by atoms with E-state index in [0.29, 0.717) is 23.7 Å². The summed E-state index contributed by atoms with van der Waals surface area (Å²) < 4.78 is 13.6. The molecule has 1 saturated heterocycles. The van der Waals surface area contributed by atoms with E-state index in [9.17, 15) is 4.39 Å². The first kappa shape index (κ1) is 15.7. The van der Waals surface area contributed by atoms with E-state index >= 15 is 0 Å². The van der Waals surface area contributed by atoms with Crippen LogP contribution < -0.4 is 5.73 Å². The molecule has 1 aliphatic heterocycles. The Labute approximate surface area is 119 Å². The maximum Gasteiger partial charge on any atom is 0.127 e. The van der Waals surface area contributed by atoms with Gasteiger partial charge in [-0.2, -0.15) is 0 Å². The summed E-state index contributed by atoms with van der Waals surface area (Å²) in [4.78, 5) is 2.24. The molecular weight excluding hydrogens is 274 g/mol. The number of nitrogens with zero attached hydrogens (tertiary/aromatic N) is 1. The Morgan fingerprint density at radius 1 is 1.50 bits per heavy atom. The van der Waals surface area contributed by atoms with Crippen LogP contribution in [-0.4, -0.2) is 24.5 Å². The molecule has 1 heterocycles. The molecule has 0 saturated carbocycles. The van der Waals surface area contributed by atoms with Crippen LogP contribution in [0.2, 0.25) is 5.02 Å². The lowest BCUT2D eigenvalue weighted by Gasteiger charge is -2.22. The number of benzene rings is 1. The number of hydrogen-bond acceptors (Lipinski definition) is 2. The average Bonchev–Trinajstić information content (AvgIpc) is 2.67. The van der Waals surface area contributed by atoms with Crippen molar-refractivity contribution in [3.05, 3.63) is 34.6 Å². The van der Waals surface area contributed by atoms with Crippen molar-refractivity contribution in [1.29, 1.82) is 0 Å². The van der Waals surface area contributed by atoms with Crippen LogP contribution in [0.15, 0.2) is 18.2 Å². The predicted molar refractivity (Wildman–Crippen MR) is 75.7 cm³/mol. The summed E-state index contributed by atoms with van der Waals surface area (Å²) >= 11 is 5.88. The highest BCUT2D eigenvalue weighted by molar-refractivity contribution is 6.30. The summed E-state index contributed by atoms with van der Waals surface area (Å²) in [5.74, 6) is -0.184. The van der Waals surface area contributed by atoms with Gasteiger partial charge in [0.15, 0.2) is 0 Å². The predicted octanol–water partition coefficient (Wildman–Crippen LogP) is 3.07. The van der Waals surface area contributed by atoms with Crippen molar-refractivity contribution in [2.75, 3.05) is 19.6 Å². The second-order valence-corrected chi connectivity index (χ2v) is 5.65. The first-order valence-corrected chi connectivity index (χ1v) is 6.27. The molecule has 1 aromatic rings. The molecule has 1 fully saturated rings. The van der Waals surface area contributed by atoms with Gasteiger partial charge in [0.25, 0.3) is 0 Å². The van der Waals surface area contributed by atoms with Crippen LogP contribution in [0, 0.1) is 11.2 Å². The van der Waals surface area contributed by atoms with Gasteiger partial charge >= 0.3 is 0 Å². The van der Waals surface area contributed by atoms with E-state index in [0.717, 1.165) is 19.5 Å². The number of hydrogen-bond donors (Lipinski definition) is 1. The lowest BCUT2D eigenvalue weighted by atomic mass is 9.90. The maximum atomic E-state index is 13.6. The third-order valence-corrected chi connectivity index (χ3v) is 3.77. The number of rotatable bonds is 3. The fourth-order valence-electron chi connectivity index (χ4n) is 2.33. The third-order valence-electron chi connectivity index (χ3n) is 3.53. The zero-order chi connectivity index (χ0) is 12.5. The Morgan fingerprint density at radius 2 is 2.22 bits per heavy atom. The van der Waals surface area contributed by atoms with Gasteiger partial charge in [0.05, 0.1) is 0 Å². The fraction of sp³-hybridized carbons (Fsp3) is 0.538. The van der Waals surface area contributed by atoms with E-state index in [2.05, 4.69) is 11.8 Å². The van der Waals surface area contributed by atoms with Crippen molar-refractivity contribution in [3.8, 4) is 0 Å². The first-order chi connectivity index (χ1) is 8.02. The Bertz CT molecular complexity index is 414. The van der Waals surface area contributed by atoms with Crippen LogP contribution in [0.4, 0.5) is 4.39 Å². The summed E-state index contributed by atoms with van der Waals surface area (Å²) in [7, 11) is 0. The molecule has 5 heteroatoms. The van der Waals surface area contributed by atoms with Gasteiger partial charge in [-0.15, -0.1) is 12.4 Å². The van der Waals surface area contributed by atoms with Crippen molar-refractivity contribution in [3.63, 3.8) is 0 Å². The topological polar surface area (TPSA) is 29.3 Å². The molecule has 2 N–H and O–H groups in total. The first-order valence-electron chi connectivity index (χ1n) is 5.89. The van der Waals surface area contributed by atoms with E-state index in [1.807, 2.05) is 0 Å². The molecule has 0 bridgehead atoms. The van der Waals surface area contributed by atoms with Gasteiger partial charge in [0.2, 0.25) is 0 Å². The lowest BCUT2D eigenvalue weighted by molar-refractivity contribution is 0.271. The minimum Gasteiger partial charge on any atom is -0.330 e. The van der Waals surface area contributed by atoms with Crippen molar-refractivity contribution < 1.29 is 4.39 Å². The van der Waals surface area contributed by atoms with Crippen LogP contribution in [0.1, 0.15) is 18.9 Å². The second-order valence-electron chi connectivity index (χ2n) is 5.21. The monoisotopic (exact) mass is 292 g/mol. The molecule has 1 atom stereocenters. The summed E-state index contributed by atoms with van der Waals surface area (Å²) in [5.41, 5.74) is 6.60. The summed E-state index contributed by atoms with van der Waals surface area (Å²) in [6, 6.07) is 4.71. The quantitative estimate of drug-likeness (QED) is 0.928. The molecule has 0 aromatic heterocycles. The van der Waals surface area contributed by atoms with Gasteiger partial charge in [-0.3, -0.25) is 4.90 Å². The zero-order valence-electron chi connectivity index (χ0n) is 10.5. The fourth-order valence-corrected chi connectivity index (χ4v) is 2.53. The molecule has 0 spiro atoms. The standard InChI is InChI=1S/C13H18ClFN2.ClH/c1-13(8-16)4-5-17(9-13)7-10-6-11(14)2-3-12(10)15;/h2-3,6H,4-5,7-9,16H2,1H3;1H. The van der Waals surface area contributed by atoms with E-state index in [1.165, 1.54) is 6.07 Å². The lowest BCUT2D eigenvalue weighted by Crippen LogP contribution is -2.31. The number of likely N-dealkylation sites (tertiary alicyclic amines) is 1. The Hall–Kier alpha value is -0.350. The SMILES string of the molecule is CC1(CN)CCN(Cc2cc(Cl)ccc2F)C1.Cl. The smallest absolute Gasteiger partial charge is 0.127 e. The van der Waals surface area contributed by atoms with Gasteiger partial charge in [-0.1, -0.05) is 18.5 Å². The molecule has 1 unspecified atom stereocenters. The molecule has 2 rings (SSSR count). The van der Waals surface area contributed by atoms with E-state index in [1.54, 1.807) is 12.1 Å². The van der Waals surface area contributed by atoms with Gasteiger partial charge in [-0.05, 0) is 43.1 Å². The average molecular weight is 293 g/mol. The van der Waals surface area contributed by atoms with Crippen LogP contribution >= 0.6 is 24.0 Å². The molecule has 18 heavy (non-hydrogen) atoms. The van der Waals surface area contributed by atoms with E-state index in [-0.39, 0.29) is 23.6 Å². The normalized spacial score (nSPS) is 24.0. The molecular formula is C13H19Cl2FN2. The Balaban J connectivity index is 0.00000162. The highest BCUT2D eigenvalue weighted by atomic mass is 35.5. The molecule has 0 radical (unpaired) electrons. The van der Waals surface area contributed by atoms with Gasteiger partial charge < -0.3 is 5.73 Å². The highest BCUT2D eigenvalue weighted by Gasteiger charge is 2.32. The number of nitrogens with two attached hydrogens (primary N) is 1. The van der Waals surface area contributed by atoms with Crippen LogP contribution in [0.25, 0.3) is 0 Å². The van der Waals surface area contributed by atoms with Crippen LogP contribution in [-0.2, 0) is 6.54 Å². The van der Waals surface area contributed by atoms with Gasteiger partial charge in [0.1, 0.15) is 5.82 Å². The summed E-state index contributed by atoms with van der Waals surface area (Å²) in [6.45, 7) is 5.37. The minimum absolute atomic E-state index is 0. The van der Waals surface area contributed by atoms with Crippen molar-refractivity contribution >= 4 is 24.0 Å². The third kappa shape index (κ3) is 3.58. The highest BCUT2D eigenvalue weighted by Crippen LogP contribution is 2.30. The van der Waals surface area contributed by atoms with Gasteiger partial charge in [0, 0.05) is 23.7 Å². The van der Waals surface area contributed by atoms with Crippen molar-refractivity contribution in [1.82, 2.24) is 4.90 Å². The van der Waals surface area contributed by atoms with Crippen molar-refractivity contribution in [2.24, 2.45) is 11.1 Å². The molecule has 102 valence electrons. The van der Waals surface area contributed by atoms with Gasteiger partial charge in [-0.25, -0.2) is 4.39 Å². The second kappa shape index (κ2) is 6.20. The molecule has 0 aliphatic carbocycles. The molecule has 1 aromatic carbocycles. The number of halogens is 3. The van der Waals surface area contributed by atoms with Crippen molar-refractivity contribution in [2.45, 2.75) is 19.9 Å². The van der Waals surface area contributed by atoms with E-state index < -0.39 is 0 Å². The molecule has 0 amide bonds. The Kier molecular flexibility index (Phi) is 5.41. The maximum absolute atomic E-state index is 13.6. The van der Waals surface area contributed by atoms with E-state index in [4.69, 9.17) is 17.3 Å². The minimum atomic E-state index is -0.184. The van der Waals surface area contributed by atoms with Crippen LogP contribution in [0.3, 0.4) is 0 Å². The van der Waals surface area contributed by atoms with Crippen LogP contribution in [0.5, 0.6) is 0 Å². The molecule has 1 aliphatic rings.